The molecule has 1 N–H and O–H groups in total. The lowest BCUT2D eigenvalue weighted by Crippen LogP contribution is -2.42. The molecule has 2 aliphatic heterocycles. The van der Waals surface area contributed by atoms with E-state index < -0.39 is 0 Å². The molecular weight excluding hydrogens is 376 g/mol. The van der Waals surface area contributed by atoms with E-state index in [9.17, 15) is 4.79 Å². The zero-order chi connectivity index (χ0) is 19.3. The van der Waals surface area contributed by atoms with Crippen LogP contribution in [0.5, 0.6) is 5.75 Å². The highest BCUT2D eigenvalue weighted by molar-refractivity contribution is 6.30. The van der Waals surface area contributed by atoms with Gasteiger partial charge < -0.3 is 15.0 Å². The van der Waals surface area contributed by atoms with Gasteiger partial charge in [-0.05, 0) is 61.9 Å². The third kappa shape index (κ3) is 4.86. The number of ether oxygens (including phenoxy) is 1. The molecule has 0 bridgehead atoms. The fourth-order valence-corrected chi connectivity index (χ4v) is 4.22. The average Bonchev–Trinajstić information content (AvgIpc) is 3.15. The average molecular weight is 403 g/mol. The van der Waals surface area contributed by atoms with Crippen molar-refractivity contribution in [2.45, 2.75) is 32.2 Å². The highest BCUT2D eigenvalue weighted by Crippen LogP contribution is 2.25. The summed E-state index contributed by atoms with van der Waals surface area (Å²) in [6.45, 7) is 5.38. The predicted octanol–water partition coefficient (Wildman–Crippen LogP) is 3.00. The molecule has 2 aromatic rings. The van der Waals surface area contributed by atoms with Crippen molar-refractivity contribution in [1.29, 1.82) is 0 Å². The molecule has 1 unspecified atom stereocenters. The molecule has 2 aliphatic rings. The molecule has 1 atom stereocenters. The van der Waals surface area contributed by atoms with Gasteiger partial charge in [0, 0.05) is 31.4 Å². The summed E-state index contributed by atoms with van der Waals surface area (Å²) in [6, 6.07) is 5.77. The predicted molar refractivity (Wildman–Crippen MR) is 109 cm³/mol. The molecule has 1 aromatic carbocycles. The summed E-state index contributed by atoms with van der Waals surface area (Å²) in [5.41, 5.74) is 1.87. The minimum Gasteiger partial charge on any atom is -0.493 e. The van der Waals surface area contributed by atoms with Gasteiger partial charge in [-0.3, -0.25) is 9.48 Å². The third-order valence-electron chi connectivity index (χ3n) is 5.57. The van der Waals surface area contributed by atoms with Crippen LogP contribution < -0.4 is 10.1 Å². The number of benzene rings is 1. The number of nitrogens with one attached hydrogen (secondary N) is 1. The van der Waals surface area contributed by atoms with Crippen LogP contribution in [0.1, 0.15) is 35.2 Å². The van der Waals surface area contributed by atoms with E-state index in [0.29, 0.717) is 10.9 Å². The van der Waals surface area contributed by atoms with Crippen LogP contribution >= 0.6 is 11.6 Å². The number of hydrogen-bond donors (Lipinski definition) is 1. The summed E-state index contributed by atoms with van der Waals surface area (Å²) >= 11 is 5.92. The number of fused-ring (bicyclic) bond motifs is 1. The van der Waals surface area contributed by atoms with Gasteiger partial charge in [0.2, 0.25) is 0 Å². The number of nitrogens with zero attached hydrogens (tertiary/aromatic N) is 3. The van der Waals surface area contributed by atoms with Crippen LogP contribution in [0.2, 0.25) is 5.02 Å². The van der Waals surface area contributed by atoms with Crippen LogP contribution in [0.3, 0.4) is 0 Å². The van der Waals surface area contributed by atoms with E-state index in [0.717, 1.165) is 81.9 Å². The number of likely N-dealkylation sites (tertiary alicyclic amines) is 1. The Morgan fingerprint density at radius 3 is 3.11 bits per heavy atom. The van der Waals surface area contributed by atoms with Crippen molar-refractivity contribution in [3.63, 3.8) is 0 Å². The summed E-state index contributed by atoms with van der Waals surface area (Å²) in [5.74, 6) is 1.42. The summed E-state index contributed by atoms with van der Waals surface area (Å²) in [6.07, 6.45) is 7.84. The first-order valence-corrected chi connectivity index (χ1v) is 10.5. The van der Waals surface area contributed by atoms with Crippen LogP contribution in [0, 0.1) is 5.92 Å². The van der Waals surface area contributed by atoms with E-state index in [1.54, 1.807) is 6.20 Å². The molecule has 150 valence electrons. The second-order valence-corrected chi connectivity index (χ2v) is 8.15. The van der Waals surface area contributed by atoms with Gasteiger partial charge >= 0.3 is 0 Å². The number of aromatic nitrogens is 2. The van der Waals surface area contributed by atoms with Crippen molar-refractivity contribution in [3.8, 4) is 5.75 Å². The van der Waals surface area contributed by atoms with E-state index in [1.807, 2.05) is 29.1 Å². The van der Waals surface area contributed by atoms with E-state index in [-0.39, 0.29) is 5.91 Å². The van der Waals surface area contributed by atoms with Crippen LogP contribution in [0.4, 0.5) is 0 Å². The summed E-state index contributed by atoms with van der Waals surface area (Å²) in [7, 11) is 0. The van der Waals surface area contributed by atoms with E-state index in [1.165, 1.54) is 0 Å². The minimum atomic E-state index is 0.0108. The van der Waals surface area contributed by atoms with Gasteiger partial charge in [-0.25, -0.2) is 0 Å². The first-order chi connectivity index (χ1) is 13.7. The van der Waals surface area contributed by atoms with E-state index >= 15 is 0 Å². The third-order valence-corrected chi connectivity index (χ3v) is 5.77. The molecule has 0 radical (unpaired) electrons. The molecule has 1 amide bonds. The lowest BCUT2D eigenvalue weighted by molar-refractivity contribution is 0.0931. The monoisotopic (exact) mass is 402 g/mol. The van der Waals surface area contributed by atoms with Crippen molar-refractivity contribution < 1.29 is 9.53 Å². The molecule has 1 saturated heterocycles. The smallest absolute Gasteiger partial charge is 0.251 e. The second kappa shape index (κ2) is 8.97. The van der Waals surface area contributed by atoms with Crippen LogP contribution in [0.25, 0.3) is 0 Å². The summed E-state index contributed by atoms with van der Waals surface area (Å²) < 4.78 is 7.51. The van der Waals surface area contributed by atoms with Gasteiger partial charge in [-0.15, -0.1) is 0 Å². The van der Waals surface area contributed by atoms with Crippen molar-refractivity contribution in [2.75, 3.05) is 32.8 Å². The Morgan fingerprint density at radius 2 is 2.25 bits per heavy atom. The zero-order valence-electron chi connectivity index (χ0n) is 16.1. The maximum atomic E-state index is 12.6. The Hall–Kier alpha value is -2.05. The minimum absolute atomic E-state index is 0.0108. The van der Waals surface area contributed by atoms with Gasteiger partial charge in [-0.2, -0.15) is 5.10 Å². The molecule has 7 heteroatoms. The molecule has 0 saturated carbocycles. The first-order valence-electron chi connectivity index (χ1n) is 10.1. The second-order valence-electron chi connectivity index (χ2n) is 7.72. The topological polar surface area (TPSA) is 59.4 Å². The number of aryl methyl sites for hydroxylation is 1. The highest BCUT2D eigenvalue weighted by atomic mass is 35.5. The lowest BCUT2D eigenvalue weighted by atomic mass is 9.97. The molecule has 3 heterocycles. The van der Waals surface area contributed by atoms with E-state index in [2.05, 4.69) is 15.3 Å². The van der Waals surface area contributed by atoms with Gasteiger partial charge in [0.15, 0.2) is 0 Å². The Bertz CT molecular complexity index is 822. The fraction of sp³-hybridized carbons (Fsp3) is 0.524. The maximum Gasteiger partial charge on any atom is 0.251 e. The Labute approximate surface area is 170 Å². The molecule has 6 nitrogen and oxygen atoms in total. The Balaban J connectivity index is 1.25. The van der Waals surface area contributed by atoms with E-state index in [4.69, 9.17) is 16.3 Å². The number of amides is 1. The highest BCUT2D eigenvalue weighted by Gasteiger charge is 2.21. The number of hydrogen-bond acceptors (Lipinski definition) is 4. The zero-order valence-corrected chi connectivity index (χ0v) is 16.8. The number of carbonyl (C=O) groups is 1. The molecule has 1 fully saturated rings. The fourth-order valence-electron chi connectivity index (χ4n) is 4.07. The molecule has 0 spiro atoms. The lowest BCUT2D eigenvalue weighted by Gasteiger charge is -2.32. The number of rotatable bonds is 6. The normalized spacial score (nSPS) is 19.7. The SMILES string of the molecule is O=C(NCC1CCCN(CCn2cc(Cl)cn2)C1)c1ccc2c(c1)CCCO2. The molecule has 4 rings (SSSR count). The van der Waals surface area contributed by atoms with Crippen LogP contribution in [-0.4, -0.2) is 53.4 Å². The van der Waals surface area contributed by atoms with Crippen LogP contribution in [-0.2, 0) is 13.0 Å². The largest absolute Gasteiger partial charge is 0.493 e. The molecule has 28 heavy (non-hydrogen) atoms. The van der Waals surface area contributed by atoms with Crippen molar-refractivity contribution >= 4 is 17.5 Å². The molecule has 1 aromatic heterocycles. The maximum absolute atomic E-state index is 12.6. The van der Waals surface area contributed by atoms with Gasteiger partial charge in [-0.1, -0.05) is 11.6 Å². The molecular formula is C21H27ClN4O2. The number of halogens is 1. The summed E-state index contributed by atoms with van der Waals surface area (Å²) in [5, 5.41) is 8.04. The first kappa shape index (κ1) is 19.3. The quantitative estimate of drug-likeness (QED) is 0.806. The summed E-state index contributed by atoms with van der Waals surface area (Å²) in [4.78, 5) is 15.0. The van der Waals surface area contributed by atoms with Crippen molar-refractivity contribution in [1.82, 2.24) is 20.0 Å². The molecule has 0 aliphatic carbocycles. The van der Waals surface area contributed by atoms with Gasteiger partial charge in [0.25, 0.3) is 5.91 Å². The number of carbonyl (C=O) groups excluding carboxylic acids is 1. The van der Waals surface area contributed by atoms with Gasteiger partial charge in [0.05, 0.1) is 24.4 Å². The Morgan fingerprint density at radius 1 is 1.32 bits per heavy atom. The van der Waals surface area contributed by atoms with Crippen molar-refractivity contribution in [3.05, 3.63) is 46.7 Å². The van der Waals surface area contributed by atoms with Gasteiger partial charge in [0.1, 0.15) is 5.75 Å². The number of piperidine rings is 1. The standard InChI is InChI=1S/C21H27ClN4O2/c22-19-13-24-26(15-19)9-8-25-7-1-3-16(14-25)12-23-21(27)18-5-6-20-17(11-18)4-2-10-28-20/h5-6,11,13,15-16H,1-4,7-10,12,14H2,(H,23,27). The van der Waals surface area contributed by atoms with Crippen molar-refractivity contribution in [2.24, 2.45) is 5.92 Å². The Kier molecular flexibility index (Phi) is 6.17. The van der Waals surface area contributed by atoms with Crippen LogP contribution in [0.15, 0.2) is 30.6 Å².